The van der Waals surface area contributed by atoms with Crippen LogP contribution in [-0.2, 0) is 0 Å². The Hall–Kier alpha value is -0.550. The van der Waals surface area contributed by atoms with Gasteiger partial charge in [0.05, 0.1) is 17.6 Å². The fourth-order valence-corrected chi connectivity index (χ4v) is 1.81. The SMILES string of the molecule is CC(O)C1(C#N)CCCCC1. The summed E-state index contributed by atoms with van der Waals surface area (Å²) >= 11 is 0. The van der Waals surface area contributed by atoms with E-state index in [-0.39, 0.29) is 0 Å². The summed E-state index contributed by atoms with van der Waals surface area (Å²) in [6, 6.07) is 2.27. The van der Waals surface area contributed by atoms with Gasteiger partial charge in [0.1, 0.15) is 0 Å². The molecule has 2 nitrogen and oxygen atoms in total. The van der Waals surface area contributed by atoms with Gasteiger partial charge in [-0.3, -0.25) is 0 Å². The third-order valence-corrected chi connectivity index (χ3v) is 2.77. The number of aliphatic hydroxyl groups excluding tert-OH is 1. The maximum Gasteiger partial charge on any atom is 0.0829 e. The average molecular weight is 153 g/mol. The van der Waals surface area contributed by atoms with Crippen LogP contribution >= 0.6 is 0 Å². The first-order valence-electron chi connectivity index (χ1n) is 4.30. The Morgan fingerprint density at radius 2 is 1.91 bits per heavy atom. The molecule has 62 valence electrons. The van der Waals surface area contributed by atoms with Crippen LogP contribution in [0.15, 0.2) is 0 Å². The number of aliphatic hydroxyl groups is 1. The largest absolute Gasteiger partial charge is 0.392 e. The Bertz CT molecular complexity index is 163. The van der Waals surface area contributed by atoms with Gasteiger partial charge in [0, 0.05) is 0 Å². The molecule has 0 spiro atoms. The van der Waals surface area contributed by atoms with Crippen LogP contribution in [0.1, 0.15) is 39.0 Å². The summed E-state index contributed by atoms with van der Waals surface area (Å²) in [6.45, 7) is 1.73. The molecule has 2 heteroatoms. The molecule has 11 heavy (non-hydrogen) atoms. The van der Waals surface area contributed by atoms with Crippen LogP contribution in [0.25, 0.3) is 0 Å². The molecule has 0 bridgehead atoms. The minimum Gasteiger partial charge on any atom is -0.392 e. The molecule has 0 radical (unpaired) electrons. The average Bonchev–Trinajstić information content (AvgIpc) is 2.05. The van der Waals surface area contributed by atoms with Crippen molar-refractivity contribution >= 4 is 0 Å². The van der Waals surface area contributed by atoms with E-state index in [4.69, 9.17) is 5.26 Å². The Kier molecular flexibility index (Phi) is 2.51. The molecule has 0 amide bonds. The lowest BCUT2D eigenvalue weighted by molar-refractivity contribution is 0.0517. The van der Waals surface area contributed by atoms with Crippen LogP contribution in [0.4, 0.5) is 0 Å². The number of rotatable bonds is 1. The van der Waals surface area contributed by atoms with Crippen molar-refractivity contribution in [2.24, 2.45) is 5.41 Å². The summed E-state index contributed by atoms with van der Waals surface area (Å²) in [6.07, 6.45) is 4.70. The predicted octanol–water partition coefficient (Wildman–Crippen LogP) is 1.84. The van der Waals surface area contributed by atoms with E-state index in [1.165, 1.54) is 6.42 Å². The van der Waals surface area contributed by atoms with Gasteiger partial charge in [0.25, 0.3) is 0 Å². The van der Waals surface area contributed by atoms with E-state index in [0.717, 1.165) is 25.7 Å². The molecule has 1 rings (SSSR count). The summed E-state index contributed by atoms with van der Waals surface area (Å²) < 4.78 is 0. The predicted molar refractivity (Wildman–Crippen MR) is 42.8 cm³/mol. The Morgan fingerprint density at radius 3 is 2.18 bits per heavy atom. The number of hydrogen-bond donors (Lipinski definition) is 1. The minimum atomic E-state index is -0.465. The first-order chi connectivity index (χ1) is 5.21. The molecule has 0 aromatic heterocycles. The zero-order valence-electron chi connectivity index (χ0n) is 7.01. The molecule has 0 aliphatic heterocycles. The molecule has 1 atom stereocenters. The summed E-state index contributed by atoms with van der Waals surface area (Å²) in [4.78, 5) is 0. The van der Waals surface area contributed by atoms with Crippen LogP contribution in [0.5, 0.6) is 0 Å². The molecule has 1 fully saturated rings. The van der Waals surface area contributed by atoms with Gasteiger partial charge in [-0.25, -0.2) is 0 Å². The molecule has 1 saturated carbocycles. The Morgan fingerprint density at radius 1 is 1.36 bits per heavy atom. The maximum atomic E-state index is 9.41. The zero-order valence-corrected chi connectivity index (χ0v) is 7.01. The first kappa shape index (κ1) is 8.55. The second-order valence-electron chi connectivity index (χ2n) is 3.50. The lowest BCUT2D eigenvalue weighted by Crippen LogP contribution is -2.33. The minimum absolute atomic E-state index is 0.418. The quantitative estimate of drug-likeness (QED) is 0.624. The van der Waals surface area contributed by atoms with Gasteiger partial charge in [-0.1, -0.05) is 19.3 Å². The molecule has 0 saturated heterocycles. The molecule has 1 unspecified atom stereocenters. The van der Waals surface area contributed by atoms with Gasteiger partial charge in [-0.15, -0.1) is 0 Å². The van der Waals surface area contributed by atoms with Gasteiger partial charge in [0.15, 0.2) is 0 Å². The zero-order chi connectivity index (χ0) is 8.32. The van der Waals surface area contributed by atoms with Gasteiger partial charge in [0.2, 0.25) is 0 Å². The van der Waals surface area contributed by atoms with Crippen molar-refractivity contribution in [2.45, 2.75) is 45.1 Å². The highest BCUT2D eigenvalue weighted by atomic mass is 16.3. The third-order valence-electron chi connectivity index (χ3n) is 2.77. The van der Waals surface area contributed by atoms with E-state index in [2.05, 4.69) is 6.07 Å². The van der Waals surface area contributed by atoms with Crippen LogP contribution < -0.4 is 0 Å². The fourth-order valence-electron chi connectivity index (χ4n) is 1.81. The van der Waals surface area contributed by atoms with Crippen molar-refractivity contribution < 1.29 is 5.11 Å². The highest BCUT2D eigenvalue weighted by molar-refractivity contribution is 5.03. The van der Waals surface area contributed by atoms with Gasteiger partial charge < -0.3 is 5.11 Å². The fraction of sp³-hybridized carbons (Fsp3) is 0.889. The molecular formula is C9H15NO. The van der Waals surface area contributed by atoms with Crippen molar-refractivity contribution in [3.05, 3.63) is 0 Å². The third kappa shape index (κ3) is 1.54. The smallest absolute Gasteiger partial charge is 0.0829 e. The molecular weight excluding hydrogens is 138 g/mol. The first-order valence-corrected chi connectivity index (χ1v) is 4.30. The highest BCUT2D eigenvalue weighted by Crippen LogP contribution is 2.38. The Labute approximate surface area is 67.8 Å². The molecule has 1 aliphatic rings. The molecule has 0 aromatic carbocycles. The van der Waals surface area contributed by atoms with E-state index in [9.17, 15) is 5.11 Å². The number of nitrogens with zero attached hydrogens (tertiary/aromatic N) is 1. The molecule has 0 heterocycles. The topological polar surface area (TPSA) is 44.0 Å². The lowest BCUT2D eigenvalue weighted by Gasteiger charge is -2.32. The second kappa shape index (κ2) is 3.23. The summed E-state index contributed by atoms with van der Waals surface area (Å²) in [7, 11) is 0. The van der Waals surface area contributed by atoms with Gasteiger partial charge in [-0.05, 0) is 19.8 Å². The molecule has 0 aromatic rings. The monoisotopic (exact) mass is 153 g/mol. The Balaban J connectivity index is 2.67. The molecule has 1 N–H and O–H groups in total. The standard InChI is InChI=1S/C9H15NO/c1-8(11)9(7-10)5-3-2-4-6-9/h8,11H,2-6H2,1H3. The highest BCUT2D eigenvalue weighted by Gasteiger charge is 2.36. The van der Waals surface area contributed by atoms with E-state index in [1.54, 1.807) is 6.92 Å². The summed E-state index contributed by atoms with van der Waals surface area (Å²) in [5, 5.41) is 18.3. The van der Waals surface area contributed by atoms with Gasteiger partial charge in [-0.2, -0.15) is 5.26 Å². The van der Waals surface area contributed by atoms with E-state index in [1.807, 2.05) is 0 Å². The maximum absolute atomic E-state index is 9.41. The van der Waals surface area contributed by atoms with Crippen molar-refractivity contribution in [1.29, 1.82) is 5.26 Å². The van der Waals surface area contributed by atoms with Crippen LogP contribution in [0, 0.1) is 16.7 Å². The van der Waals surface area contributed by atoms with E-state index >= 15 is 0 Å². The van der Waals surface area contributed by atoms with E-state index < -0.39 is 11.5 Å². The van der Waals surface area contributed by atoms with Crippen molar-refractivity contribution in [2.75, 3.05) is 0 Å². The van der Waals surface area contributed by atoms with Crippen LogP contribution in [0.2, 0.25) is 0 Å². The summed E-state index contributed by atoms with van der Waals surface area (Å²) in [5.74, 6) is 0. The number of hydrogen-bond acceptors (Lipinski definition) is 2. The van der Waals surface area contributed by atoms with Crippen molar-refractivity contribution in [1.82, 2.24) is 0 Å². The number of nitriles is 1. The second-order valence-corrected chi connectivity index (χ2v) is 3.50. The van der Waals surface area contributed by atoms with Crippen LogP contribution in [-0.4, -0.2) is 11.2 Å². The lowest BCUT2D eigenvalue weighted by atomic mass is 9.72. The van der Waals surface area contributed by atoms with Gasteiger partial charge >= 0.3 is 0 Å². The normalized spacial score (nSPS) is 25.5. The molecule has 1 aliphatic carbocycles. The van der Waals surface area contributed by atoms with Crippen molar-refractivity contribution in [3.63, 3.8) is 0 Å². The van der Waals surface area contributed by atoms with Crippen molar-refractivity contribution in [3.8, 4) is 6.07 Å². The van der Waals surface area contributed by atoms with E-state index in [0.29, 0.717) is 0 Å². The summed E-state index contributed by atoms with van der Waals surface area (Å²) in [5.41, 5.74) is -0.418. The van der Waals surface area contributed by atoms with Crippen LogP contribution in [0.3, 0.4) is 0 Å².